The number of carbonyl (C=O) groups is 3. The van der Waals surface area contributed by atoms with E-state index in [1.54, 1.807) is 12.3 Å². The van der Waals surface area contributed by atoms with E-state index in [2.05, 4.69) is 15.6 Å². The maximum atomic E-state index is 12.0. The molecular weight excluding hydrogens is 366 g/mol. The third kappa shape index (κ3) is 5.35. The molecule has 2 heterocycles. The summed E-state index contributed by atoms with van der Waals surface area (Å²) in [6.45, 7) is -0.200. The van der Waals surface area contributed by atoms with Gasteiger partial charge < -0.3 is 10.1 Å². The summed E-state index contributed by atoms with van der Waals surface area (Å²) in [6.07, 6.45) is 1.64. The highest BCUT2D eigenvalue weighted by Crippen LogP contribution is 2.16. The number of esters is 1. The average molecular weight is 383 g/mol. The summed E-state index contributed by atoms with van der Waals surface area (Å²) >= 11 is 1.50. The molecule has 0 saturated carbocycles. The van der Waals surface area contributed by atoms with Gasteiger partial charge in [-0.05, 0) is 23.1 Å². The molecule has 0 aliphatic carbocycles. The summed E-state index contributed by atoms with van der Waals surface area (Å²) in [5, 5.41) is 7.48. The second kappa shape index (κ2) is 8.91. The van der Waals surface area contributed by atoms with Crippen molar-refractivity contribution in [3.8, 4) is 0 Å². The molecular formula is C19H17N3O4S. The van der Waals surface area contributed by atoms with Gasteiger partial charge in [0, 0.05) is 16.5 Å². The third-order valence-corrected chi connectivity index (χ3v) is 4.55. The Labute approximate surface area is 159 Å². The number of nitrogens with one attached hydrogen (secondary N) is 2. The molecule has 2 N–H and O–H groups in total. The maximum absolute atomic E-state index is 12.0. The molecule has 2 aromatic heterocycles. The highest BCUT2D eigenvalue weighted by atomic mass is 32.1. The van der Waals surface area contributed by atoms with Gasteiger partial charge in [-0.2, -0.15) is 0 Å². The van der Waals surface area contributed by atoms with Gasteiger partial charge in [-0.1, -0.05) is 30.3 Å². The third-order valence-electron chi connectivity index (χ3n) is 3.67. The first-order valence-corrected chi connectivity index (χ1v) is 9.08. The molecule has 3 aromatic rings. The molecule has 0 aliphatic rings. The Morgan fingerprint density at radius 2 is 1.93 bits per heavy atom. The predicted molar refractivity (Wildman–Crippen MR) is 101 cm³/mol. The molecule has 8 heteroatoms. The zero-order chi connectivity index (χ0) is 19.1. The summed E-state index contributed by atoms with van der Waals surface area (Å²) in [4.78, 5) is 40.6. The minimum atomic E-state index is -0.692. The van der Waals surface area contributed by atoms with Gasteiger partial charge in [0.2, 0.25) is 0 Å². The number of hydrogen-bond donors (Lipinski definition) is 2. The molecule has 0 aliphatic heterocycles. The van der Waals surface area contributed by atoms with E-state index in [1.807, 2.05) is 41.8 Å². The Kier molecular flexibility index (Phi) is 6.11. The van der Waals surface area contributed by atoms with Crippen LogP contribution < -0.4 is 10.6 Å². The molecule has 0 bridgehead atoms. The fourth-order valence-corrected chi connectivity index (χ4v) is 3.09. The lowest BCUT2D eigenvalue weighted by molar-refractivity contribution is -0.147. The van der Waals surface area contributed by atoms with Crippen LogP contribution in [0.4, 0.5) is 4.79 Å². The van der Waals surface area contributed by atoms with Gasteiger partial charge in [-0.3, -0.25) is 19.9 Å². The highest BCUT2D eigenvalue weighted by Gasteiger charge is 2.13. The maximum Gasteiger partial charge on any atom is 0.321 e. The van der Waals surface area contributed by atoms with Crippen LogP contribution in [0, 0.1) is 0 Å². The number of aromatic nitrogens is 1. The van der Waals surface area contributed by atoms with Crippen molar-refractivity contribution in [3.05, 3.63) is 64.5 Å². The average Bonchev–Trinajstić information content (AvgIpc) is 3.19. The lowest BCUT2D eigenvalue weighted by Crippen LogP contribution is -2.41. The Morgan fingerprint density at radius 1 is 1.07 bits per heavy atom. The zero-order valence-electron chi connectivity index (χ0n) is 14.3. The monoisotopic (exact) mass is 383 g/mol. The van der Waals surface area contributed by atoms with Crippen LogP contribution in [0.5, 0.6) is 0 Å². The van der Waals surface area contributed by atoms with E-state index in [4.69, 9.17) is 4.74 Å². The number of thiophene rings is 1. The lowest BCUT2D eigenvalue weighted by Gasteiger charge is -2.08. The predicted octanol–water partition coefficient (Wildman–Crippen LogP) is 2.41. The number of fused-ring (bicyclic) bond motifs is 1. The molecule has 0 unspecified atom stereocenters. The van der Waals surface area contributed by atoms with Crippen LogP contribution >= 0.6 is 11.3 Å². The Balaban J connectivity index is 1.44. The zero-order valence-corrected chi connectivity index (χ0v) is 15.1. The van der Waals surface area contributed by atoms with E-state index < -0.39 is 24.5 Å². The van der Waals surface area contributed by atoms with Gasteiger partial charge in [0.05, 0.1) is 18.5 Å². The number of para-hydroxylation sites is 1. The topological polar surface area (TPSA) is 97.4 Å². The molecule has 3 rings (SSSR count). The SMILES string of the molecule is O=C(COC(=O)Cc1cccc2cccnc12)NC(=O)NCc1cccs1. The highest BCUT2D eigenvalue weighted by molar-refractivity contribution is 7.09. The smallest absolute Gasteiger partial charge is 0.321 e. The molecule has 7 nitrogen and oxygen atoms in total. The molecule has 0 atom stereocenters. The first kappa shape index (κ1) is 18.5. The van der Waals surface area contributed by atoms with Gasteiger partial charge >= 0.3 is 12.0 Å². The summed E-state index contributed by atoms with van der Waals surface area (Å²) in [5.74, 6) is -1.26. The number of nitrogens with zero attached hydrogens (tertiary/aromatic N) is 1. The van der Waals surface area contributed by atoms with Crippen molar-refractivity contribution in [2.75, 3.05) is 6.61 Å². The van der Waals surface area contributed by atoms with E-state index in [-0.39, 0.29) is 6.42 Å². The van der Waals surface area contributed by atoms with Gasteiger partial charge in [0.1, 0.15) is 0 Å². The molecule has 0 radical (unpaired) electrons. The fourth-order valence-electron chi connectivity index (χ4n) is 2.45. The molecule has 3 amide bonds. The second-order valence-electron chi connectivity index (χ2n) is 5.64. The number of rotatable bonds is 6. The van der Waals surface area contributed by atoms with Crippen LogP contribution in [0.3, 0.4) is 0 Å². The Hall–Kier alpha value is -3.26. The van der Waals surface area contributed by atoms with Crippen molar-refractivity contribution in [2.24, 2.45) is 0 Å². The summed E-state index contributed by atoms with van der Waals surface area (Å²) in [6, 6.07) is 12.3. The van der Waals surface area contributed by atoms with E-state index in [1.165, 1.54) is 11.3 Å². The number of amides is 3. The first-order chi connectivity index (χ1) is 13.1. The number of carbonyl (C=O) groups excluding carboxylic acids is 3. The van der Waals surface area contributed by atoms with Gasteiger partial charge in [0.15, 0.2) is 6.61 Å². The fraction of sp³-hybridized carbons (Fsp3) is 0.158. The van der Waals surface area contributed by atoms with E-state index in [9.17, 15) is 14.4 Å². The van der Waals surface area contributed by atoms with Crippen LogP contribution in [0.2, 0.25) is 0 Å². The largest absolute Gasteiger partial charge is 0.455 e. The van der Waals surface area contributed by atoms with E-state index in [0.29, 0.717) is 17.6 Å². The normalized spacial score (nSPS) is 10.4. The van der Waals surface area contributed by atoms with Crippen molar-refractivity contribution in [1.29, 1.82) is 0 Å². The molecule has 0 saturated heterocycles. The minimum Gasteiger partial charge on any atom is -0.455 e. The van der Waals surface area contributed by atoms with Gasteiger partial charge in [-0.25, -0.2) is 4.79 Å². The van der Waals surface area contributed by atoms with Crippen LogP contribution in [-0.2, 0) is 27.3 Å². The standard InChI is InChI=1S/C19H17N3O4S/c23-16(22-19(25)21-11-15-7-3-9-27-15)12-26-17(24)10-14-5-1-4-13-6-2-8-20-18(13)14/h1-9H,10-12H2,(H2,21,22,23,25). The summed E-state index contributed by atoms with van der Waals surface area (Å²) in [5.41, 5.74) is 1.43. The Morgan fingerprint density at radius 3 is 2.74 bits per heavy atom. The second-order valence-corrected chi connectivity index (χ2v) is 6.67. The lowest BCUT2D eigenvalue weighted by atomic mass is 10.1. The van der Waals surface area contributed by atoms with Crippen molar-refractivity contribution in [1.82, 2.24) is 15.6 Å². The van der Waals surface area contributed by atoms with Crippen LogP contribution in [0.25, 0.3) is 10.9 Å². The number of urea groups is 1. The summed E-state index contributed by atoms with van der Waals surface area (Å²) in [7, 11) is 0. The van der Waals surface area contributed by atoms with E-state index in [0.717, 1.165) is 10.3 Å². The molecule has 138 valence electrons. The summed E-state index contributed by atoms with van der Waals surface area (Å²) < 4.78 is 4.95. The Bertz CT molecular complexity index is 951. The van der Waals surface area contributed by atoms with Crippen LogP contribution in [0.1, 0.15) is 10.4 Å². The molecule has 0 spiro atoms. The van der Waals surface area contributed by atoms with Gasteiger partial charge in [-0.15, -0.1) is 11.3 Å². The van der Waals surface area contributed by atoms with Crippen molar-refractivity contribution < 1.29 is 19.1 Å². The van der Waals surface area contributed by atoms with Crippen LogP contribution in [-0.4, -0.2) is 29.5 Å². The number of pyridine rings is 1. The van der Waals surface area contributed by atoms with Crippen LogP contribution in [0.15, 0.2) is 54.0 Å². The molecule has 0 fully saturated rings. The number of ether oxygens (including phenoxy) is 1. The number of benzene rings is 1. The van der Waals surface area contributed by atoms with E-state index >= 15 is 0 Å². The minimum absolute atomic E-state index is 0.00773. The van der Waals surface area contributed by atoms with Gasteiger partial charge in [0.25, 0.3) is 5.91 Å². The van der Waals surface area contributed by atoms with Crippen molar-refractivity contribution in [3.63, 3.8) is 0 Å². The number of hydrogen-bond acceptors (Lipinski definition) is 6. The number of imide groups is 1. The molecule has 27 heavy (non-hydrogen) atoms. The quantitative estimate of drug-likeness (QED) is 0.637. The van der Waals surface area contributed by atoms with Crippen molar-refractivity contribution >= 4 is 40.1 Å². The first-order valence-electron chi connectivity index (χ1n) is 8.20. The molecule has 1 aromatic carbocycles. The van der Waals surface area contributed by atoms with Crippen molar-refractivity contribution in [2.45, 2.75) is 13.0 Å².